The van der Waals surface area contributed by atoms with E-state index in [0.717, 1.165) is 11.0 Å². The molecule has 2 rings (SSSR count). The Bertz CT molecular complexity index is 368. The molecule has 1 aromatic rings. The van der Waals surface area contributed by atoms with Crippen LogP contribution >= 0.6 is 15.9 Å². The second-order valence-electron chi connectivity index (χ2n) is 4.60. The molecule has 0 aromatic heterocycles. The van der Waals surface area contributed by atoms with Crippen molar-refractivity contribution in [3.63, 3.8) is 0 Å². The van der Waals surface area contributed by atoms with Gasteiger partial charge in [0.2, 0.25) is 0 Å². The minimum Gasteiger partial charge on any atom is -0.386 e. The van der Waals surface area contributed by atoms with Crippen LogP contribution < -0.4 is 5.32 Å². The topological polar surface area (TPSA) is 41.5 Å². The van der Waals surface area contributed by atoms with E-state index in [-0.39, 0.29) is 6.10 Å². The minimum atomic E-state index is -0.713. The van der Waals surface area contributed by atoms with Crippen LogP contribution in [0.25, 0.3) is 0 Å². The molecule has 1 aliphatic heterocycles. The van der Waals surface area contributed by atoms with E-state index in [1.807, 2.05) is 19.1 Å². The van der Waals surface area contributed by atoms with Crippen molar-refractivity contribution in [3.8, 4) is 0 Å². The molecule has 1 heterocycles. The van der Waals surface area contributed by atoms with Crippen molar-refractivity contribution in [3.05, 3.63) is 34.3 Å². The lowest BCUT2D eigenvalue weighted by Crippen LogP contribution is -2.45. The van der Waals surface area contributed by atoms with E-state index in [9.17, 15) is 5.11 Å². The first-order valence-corrected chi connectivity index (χ1v) is 6.69. The SMILES string of the molecule is CC1OCCC1(O)CNCc1ccc(Br)cc1. The average molecular weight is 300 g/mol. The van der Waals surface area contributed by atoms with Gasteiger partial charge in [-0.2, -0.15) is 0 Å². The Morgan fingerprint density at radius 3 is 2.76 bits per heavy atom. The second kappa shape index (κ2) is 5.48. The highest BCUT2D eigenvalue weighted by Crippen LogP contribution is 2.24. The largest absolute Gasteiger partial charge is 0.386 e. The lowest BCUT2D eigenvalue weighted by atomic mass is 9.96. The summed E-state index contributed by atoms with van der Waals surface area (Å²) in [4.78, 5) is 0. The molecule has 3 nitrogen and oxygen atoms in total. The molecule has 0 aliphatic carbocycles. The first kappa shape index (κ1) is 13.0. The van der Waals surface area contributed by atoms with Gasteiger partial charge in [-0.1, -0.05) is 28.1 Å². The fraction of sp³-hybridized carbons (Fsp3) is 0.538. The molecular weight excluding hydrogens is 282 g/mol. The Labute approximate surface area is 110 Å². The number of benzene rings is 1. The maximum Gasteiger partial charge on any atom is 0.105 e. The Balaban J connectivity index is 1.81. The monoisotopic (exact) mass is 299 g/mol. The van der Waals surface area contributed by atoms with E-state index in [1.54, 1.807) is 0 Å². The van der Waals surface area contributed by atoms with Gasteiger partial charge >= 0.3 is 0 Å². The highest BCUT2D eigenvalue weighted by atomic mass is 79.9. The molecule has 4 heteroatoms. The molecule has 0 radical (unpaired) electrons. The van der Waals surface area contributed by atoms with Gasteiger partial charge in [-0.05, 0) is 24.6 Å². The Kier molecular flexibility index (Phi) is 4.20. The number of ether oxygens (including phenoxy) is 1. The molecule has 17 heavy (non-hydrogen) atoms. The van der Waals surface area contributed by atoms with Gasteiger partial charge in [-0.15, -0.1) is 0 Å². The van der Waals surface area contributed by atoms with Crippen molar-refractivity contribution in [2.24, 2.45) is 0 Å². The van der Waals surface area contributed by atoms with Crippen molar-refractivity contribution in [2.75, 3.05) is 13.2 Å². The highest BCUT2D eigenvalue weighted by molar-refractivity contribution is 9.10. The zero-order valence-electron chi connectivity index (χ0n) is 9.95. The molecule has 0 spiro atoms. The first-order chi connectivity index (χ1) is 8.10. The number of aliphatic hydroxyl groups is 1. The fourth-order valence-corrected chi connectivity index (χ4v) is 2.29. The van der Waals surface area contributed by atoms with E-state index in [1.165, 1.54) is 5.56 Å². The van der Waals surface area contributed by atoms with Crippen LogP contribution in [0, 0.1) is 0 Å². The molecule has 1 saturated heterocycles. The maximum atomic E-state index is 10.3. The van der Waals surface area contributed by atoms with Crippen LogP contribution in [0.5, 0.6) is 0 Å². The minimum absolute atomic E-state index is 0.0834. The van der Waals surface area contributed by atoms with Gasteiger partial charge in [0.05, 0.1) is 6.10 Å². The zero-order valence-corrected chi connectivity index (χ0v) is 11.5. The molecule has 2 unspecified atom stereocenters. The number of hydrogen-bond donors (Lipinski definition) is 2. The smallest absolute Gasteiger partial charge is 0.105 e. The van der Waals surface area contributed by atoms with Gasteiger partial charge < -0.3 is 15.2 Å². The maximum absolute atomic E-state index is 10.3. The molecule has 94 valence electrons. The molecule has 1 fully saturated rings. The van der Waals surface area contributed by atoms with Crippen LogP contribution in [-0.2, 0) is 11.3 Å². The average Bonchev–Trinajstić information content (AvgIpc) is 2.63. The van der Waals surface area contributed by atoms with E-state index in [0.29, 0.717) is 19.6 Å². The van der Waals surface area contributed by atoms with E-state index < -0.39 is 5.60 Å². The van der Waals surface area contributed by atoms with Crippen LogP contribution in [0.3, 0.4) is 0 Å². The predicted molar refractivity (Wildman–Crippen MR) is 70.8 cm³/mol. The summed E-state index contributed by atoms with van der Waals surface area (Å²) < 4.78 is 6.47. The standard InChI is InChI=1S/C13H18BrNO2/c1-10-13(16,6-7-17-10)9-15-8-11-2-4-12(14)5-3-11/h2-5,10,15-16H,6-9H2,1H3. The molecule has 2 atom stereocenters. The van der Waals surface area contributed by atoms with Crippen LogP contribution in [0.4, 0.5) is 0 Å². The van der Waals surface area contributed by atoms with Crippen LogP contribution in [0.2, 0.25) is 0 Å². The van der Waals surface area contributed by atoms with E-state index in [2.05, 4.69) is 33.4 Å². The third kappa shape index (κ3) is 3.28. The van der Waals surface area contributed by atoms with Gasteiger partial charge in [-0.25, -0.2) is 0 Å². The lowest BCUT2D eigenvalue weighted by Gasteiger charge is -2.26. The van der Waals surface area contributed by atoms with Crippen molar-refractivity contribution in [1.82, 2.24) is 5.32 Å². The van der Waals surface area contributed by atoms with E-state index >= 15 is 0 Å². The van der Waals surface area contributed by atoms with Crippen LogP contribution in [0.1, 0.15) is 18.9 Å². The van der Waals surface area contributed by atoms with Crippen molar-refractivity contribution in [1.29, 1.82) is 0 Å². The summed E-state index contributed by atoms with van der Waals surface area (Å²) in [6.45, 7) is 3.92. The molecule has 2 N–H and O–H groups in total. The summed E-state index contributed by atoms with van der Waals surface area (Å²) >= 11 is 3.41. The summed E-state index contributed by atoms with van der Waals surface area (Å²) in [5.74, 6) is 0. The van der Waals surface area contributed by atoms with Crippen molar-refractivity contribution < 1.29 is 9.84 Å². The Morgan fingerprint density at radius 2 is 2.18 bits per heavy atom. The zero-order chi connectivity index (χ0) is 12.3. The molecule has 0 amide bonds. The molecule has 1 aromatic carbocycles. The van der Waals surface area contributed by atoms with Gasteiger partial charge in [0.15, 0.2) is 0 Å². The summed E-state index contributed by atoms with van der Waals surface area (Å²) in [7, 11) is 0. The molecule has 0 bridgehead atoms. The highest BCUT2D eigenvalue weighted by Gasteiger charge is 2.38. The van der Waals surface area contributed by atoms with Gasteiger partial charge in [0.1, 0.15) is 5.60 Å². The third-order valence-electron chi connectivity index (χ3n) is 3.33. The van der Waals surface area contributed by atoms with E-state index in [4.69, 9.17) is 4.74 Å². The number of halogens is 1. The van der Waals surface area contributed by atoms with Gasteiger partial charge in [0.25, 0.3) is 0 Å². The molecule has 0 saturated carbocycles. The van der Waals surface area contributed by atoms with Crippen molar-refractivity contribution >= 4 is 15.9 Å². The summed E-state index contributed by atoms with van der Waals surface area (Å²) in [6, 6.07) is 8.17. The van der Waals surface area contributed by atoms with Crippen LogP contribution in [0.15, 0.2) is 28.7 Å². The number of hydrogen-bond acceptors (Lipinski definition) is 3. The summed E-state index contributed by atoms with van der Waals surface area (Å²) in [5.41, 5.74) is 0.499. The first-order valence-electron chi connectivity index (χ1n) is 5.89. The lowest BCUT2D eigenvalue weighted by molar-refractivity contribution is -0.0262. The Morgan fingerprint density at radius 1 is 1.47 bits per heavy atom. The number of rotatable bonds is 4. The quantitative estimate of drug-likeness (QED) is 0.894. The van der Waals surface area contributed by atoms with Crippen molar-refractivity contribution in [2.45, 2.75) is 31.6 Å². The fourth-order valence-electron chi connectivity index (χ4n) is 2.03. The molecule has 1 aliphatic rings. The number of nitrogens with one attached hydrogen (secondary N) is 1. The predicted octanol–water partition coefficient (Wildman–Crippen LogP) is 2.08. The third-order valence-corrected chi connectivity index (χ3v) is 3.86. The van der Waals surface area contributed by atoms with Crippen LogP contribution in [-0.4, -0.2) is 30.0 Å². The second-order valence-corrected chi connectivity index (χ2v) is 5.51. The molecular formula is C13H18BrNO2. The summed E-state index contributed by atoms with van der Waals surface area (Å²) in [5, 5.41) is 13.6. The normalized spacial score (nSPS) is 28.5. The van der Waals surface area contributed by atoms with Gasteiger partial charge in [-0.3, -0.25) is 0 Å². The van der Waals surface area contributed by atoms with Gasteiger partial charge in [0, 0.05) is 30.6 Å². The Hall–Kier alpha value is -0.420. The summed E-state index contributed by atoms with van der Waals surface area (Å²) in [6.07, 6.45) is 0.626.